The number of hydrogen-bond acceptors (Lipinski definition) is 4. The van der Waals surface area contributed by atoms with Crippen LogP contribution in [-0.2, 0) is 11.3 Å². The molecular formula is C17H25N3O. The van der Waals surface area contributed by atoms with Gasteiger partial charge in [0.25, 0.3) is 0 Å². The predicted molar refractivity (Wildman–Crippen MR) is 82.0 cm³/mol. The molecule has 4 heteroatoms. The largest absolute Gasteiger partial charge is 0.377 e. The van der Waals surface area contributed by atoms with Crippen molar-refractivity contribution in [2.45, 2.75) is 38.0 Å². The van der Waals surface area contributed by atoms with Crippen molar-refractivity contribution in [3.05, 3.63) is 30.1 Å². The third-order valence-electron chi connectivity index (χ3n) is 5.08. The van der Waals surface area contributed by atoms with Crippen LogP contribution in [0.4, 0.5) is 0 Å². The first-order valence-electron chi connectivity index (χ1n) is 8.34. The number of fused-ring (bicyclic) bond motifs is 1. The lowest BCUT2D eigenvalue weighted by Gasteiger charge is -2.37. The molecule has 2 saturated heterocycles. The van der Waals surface area contributed by atoms with E-state index in [9.17, 15) is 0 Å². The molecule has 0 bridgehead atoms. The number of nitrogens with zero attached hydrogens (tertiary/aromatic N) is 3. The summed E-state index contributed by atoms with van der Waals surface area (Å²) in [7, 11) is 0. The molecule has 0 spiro atoms. The van der Waals surface area contributed by atoms with Crippen LogP contribution in [0.25, 0.3) is 0 Å². The highest BCUT2D eigenvalue weighted by Crippen LogP contribution is 2.31. The van der Waals surface area contributed by atoms with Gasteiger partial charge in [-0.15, -0.1) is 0 Å². The Labute approximate surface area is 127 Å². The minimum absolute atomic E-state index is 0.483. The van der Waals surface area contributed by atoms with E-state index in [0.717, 1.165) is 25.6 Å². The average molecular weight is 287 g/mol. The fraction of sp³-hybridized carbons (Fsp3) is 0.706. The normalized spacial score (nSPS) is 30.5. The van der Waals surface area contributed by atoms with Crippen molar-refractivity contribution < 1.29 is 4.74 Å². The van der Waals surface area contributed by atoms with Gasteiger partial charge >= 0.3 is 0 Å². The van der Waals surface area contributed by atoms with Gasteiger partial charge in [0.15, 0.2) is 0 Å². The zero-order valence-electron chi connectivity index (χ0n) is 12.7. The lowest BCUT2D eigenvalue weighted by molar-refractivity contribution is 0.0508. The Hall–Kier alpha value is -0.970. The minimum atomic E-state index is 0.483. The molecule has 0 N–H and O–H groups in total. The maximum Gasteiger partial charge on any atom is 0.0717 e. The molecule has 114 valence electrons. The molecule has 3 aliphatic rings. The van der Waals surface area contributed by atoms with Crippen LogP contribution in [0.3, 0.4) is 0 Å². The summed E-state index contributed by atoms with van der Waals surface area (Å²) < 4.78 is 6.10. The third kappa shape index (κ3) is 3.44. The molecule has 4 nitrogen and oxygen atoms in total. The summed E-state index contributed by atoms with van der Waals surface area (Å²) in [4.78, 5) is 9.32. The van der Waals surface area contributed by atoms with Gasteiger partial charge in [-0.3, -0.25) is 14.8 Å². The SMILES string of the molecule is c1cc(CN2CCN3C[C@H](OCC4CC4)C[C@@H]3C2)ccn1. The van der Waals surface area contributed by atoms with Crippen molar-refractivity contribution in [1.29, 1.82) is 0 Å². The lowest BCUT2D eigenvalue weighted by Crippen LogP contribution is -2.49. The number of aromatic nitrogens is 1. The third-order valence-corrected chi connectivity index (χ3v) is 5.08. The quantitative estimate of drug-likeness (QED) is 0.825. The maximum atomic E-state index is 6.10. The van der Waals surface area contributed by atoms with E-state index in [0.29, 0.717) is 12.1 Å². The number of rotatable bonds is 5. The molecular weight excluding hydrogens is 262 g/mol. The van der Waals surface area contributed by atoms with E-state index in [1.165, 1.54) is 44.5 Å². The van der Waals surface area contributed by atoms with E-state index in [2.05, 4.69) is 26.9 Å². The van der Waals surface area contributed by atoms with Crippen molar-refractivity contribution in [1.82, 2.24) is 14.8 Å². The van der Waals surface area contributed by atoms with Gasteiger partial charge in [0.2, 0.25) is 0 Å². The van der Waals surface area contributed by atoms with Gasteiger partial charge in [-0.05, 0) is 42.9 Å². The Morgan fingerprint density at radius 2 is 2.00 bits per heavy atom. The second kappa shape index (κ2) is 6.03. The summed E-state index contributed by atoms with van der Waals surface area (Å²) >= 11 is 0. The molecule has 2 aliphatic heterocycles. The molecule has 1 aromatic heterocycles. The first-order chi connectivity index (χ1) is 10.4. The minimum Gasteiger partial charge on any atom is -0.377 e. The fourth-order valence-electron chi connectivity index (χ4n) is 3.63. The molecule has 3 heterocycles. The summed E-state index contributed by atoms with van der Waals surface area (Å²) in [5.41, 5.74) is 1.37. The van der Waals surface area contributed by atoms with Gasteiger partial charge in [-0.25, -0.2) is 0 Å². The maximum absolute atomic E-state index is 6.10. The molecule has 1 aliphatic carbocycles. The molecule has 1 saturated carbocycles. The van der Waals surface area contributed by atoms with Crippen LogP contribution in [0.15, 0.2) is 24.5 Å². The lowest BCUT2D eigenvalue weighted by atomic mass is 10.1. The van der Waals surface area contributed by atoms with Gasteiger partial charge < -0.3 is 4.74 Å². The topological polar surface area (TPSA) is 28.6 Å². The molecule has 3 fully saturated rings. The monoisotopic (exact) mass is 287 g/mol. The summed E-state index contributed by atoms with van der Waals surface area (Å²) in [6.07, 6.45) is 8.27. The number of hydrogen-bond donors (Lipinski definition) is 0. The van der Waals surface area contributed by atoms with Crippen LogP contribution in [0.2, 0.25) is 0 Å². The van der Waals surface area contributed by atoms with Gasteiger partial charge in [-0.1, -0.05) is 0 Å². The molecule has 0 aromatic carbocycles. The summed E-state index contributed by atoms with van der Waals surface area (Å²) in [6, 6.07) is 4.95. The van der Waals surface area contributed by atoms with E-state index < -0.39 is 0 Å². The van der Waals surface area contributed by atoms with Gasteiger partial charge in [0, 0.05) is 57.8 Å². The second-order valence-electron chi connectivity index (χ2n) is 6.87. The highest BCUT2D eigenvalue weighted by Gasteiger charge is 2.37. The van der Waals surface area contributed by atoms with Crippen molar-refractivity contribution >= 4 is 0 Å². The number of piperazine rings is 1. The Balaban J connectivity index is 1.28. The highest BCUT2D eigenvalue weighted by atomic mass is 16.5. The van der Waals surface area contributed by atoms with Crippen LogP contribution >= 0.6 is 0 Å². The zero-order chi connectivity index (χ0) is 14.1. The predicted octanol–water partition coefficient (Wildman–Crippen LogP) is 1.77. The number of pyridine rings is 1. The summed E-state index contributed by atoms with van der Waals surface area (Å²) in [5.74, 6) is 0.880. The molecule has 0 amide bonds. The number of ether oxygens (including phenoxy) is 1. The van der Waals surface area contributed by atoms with Crippen molar-refractivity contribution in [3.8, 4) is 0 Å². The van der Waals surface area contributed by atoms with E-state index in [-0.39, 0.29) is 0 Å². The van der Waals surface area contributed by atoms with E-state index >= 15 is 0 Å². The Bertz CT molecular complexity index is 462. The fourth-order valence-corrected chi connectivity index (χ4v) is 3.63. The standard InChI is InChI=1S/C17H25N3O/c1-2-15(1)13-21-17-9-16-11-19(7-8-20(16)12-17)10-14-3-5-18-6-4-14/h3-6,15-17H,1-2,7-13H2/t16-,17-/m1/s1. The molecule has 1 aromatic rings. The molecule has 0 unspecified atom stereocenters. The molecule has 4 rings (SSSR count). The summed E-state index contributed by atoms with van der Waals surface area (Å²) in [6.45, 7) is 6.77. The highest BCUT2D eigenvalue weighted by molar-refractivity contribution is 5.10. The smallest absolute Gasteiger partial charge is 0.0717 e. The van der Waals surface area contributed by atoms with Gasteiger partial charge in [0.1, 0.15) is 0 Å². The summed E-state index contributed by atoms with van der Waals surface area (Å²) in [5, 5.41) is 0. The molecule has 0 radical (unpaired) electrons. The van der Waals surface area contributed by atoms with Crippen LogP contribution < -0.4 is 0 Å². The Morgan fingerprint density at radius 1 is 1.14 bits per heavy atom. The second-order valence-corrected chi connectivity index (χ2v) is 6.87. The molecule has 2 atom stereocenters. The van der Waals surface area contributed by atoms with Crippen LogP contribution in [0.1, 0.15) is 24.8 Å². The van der Waals surface area contributed by atoms with Crippen LogP contribution in [0.5, 0.6) is 0 Å². The van der Waals surface area contributed by atoms with Crippen LogP contribution in [-0.4, -0.2) is 59.7 Å². The van der Waals surface area contributed by atoms with Crippen LogP contribution in [0, 0.1) is 5.92 Å². The van der Waals surface area contributed by atoms with Gasteiger partial charge in [-0.2, -0.15) is 0 Å². The van der Waals surface area contributed by atoms with E-state index in [4.69, 9.17) is 4.74 Å². The average Bonchev–Trinajstić information content (AvgIpc) is 3.25. The first kappa shape index (κ1) is 13.7. The molecule has 21 heavy (non-hydrogen) atoms. The first-order valence-corrected chi connectivity index (χ1v) is 8.34. The zero-order valence-corrected chi connectivity index (χ0v) is 12.7. The van der Waals surface area contributed by atoms with E-state index in [1.807, 2.05) is 12.4 Å². The van der Waals surface area contributed by atoms with Crippen molar-refractivity contribution in [3.63, 3.8) is 0 Å². The van der Waals surface area contributed by atoms with Crippen molar-refractivity contribution in [2.75, 3.05) is 32.8 Å². The van der Waals surface area contributed by atoms with Crippen molar-refractivity contribution in [2.24, 2.45) is 5.92 Å². The van der Waals surface area contributed by atoms with E-state index in [1.54, 1.807) is 0 Å². The Morgan fingerprint density at radius 3 is 2.81 bits per heavy atom. The Kier molecular flexibility index (Phi) is 3.93. The van der Waals surface area contributed by atoms with Gasteiger partial charge in [0.05, 0.1) is 6.10 Å².